The lowest BCUT2D eigenvalue weighted by molar-refractivity contribution is 0.790. The SMILES string of the molecule is Nc1ccc2n1CN=N2. The predicted octanol–water partition coefficient (Wildman–Crippen LogP) is 1.13. The van der Waals surface area contributed by atoms with E-state index in [0.29, 0.717) is 6.67 Å². The Balaban J connectivity index is 2.65. The zero-order valence-corrected chi connectivity index (χ0v) is 4.78. The minimum Gasteiger partial charge on any atom is -0.385 e. The van der Waals surface area contributed by atoms with Gasteiger partial charge in [0.25, 0.3) is 0 Å². The normalized spacial score (nSPS) is 14.2. The van der Waals surface area contributed by atoms with E-state index in [0.717, 1.165) is 11.6 Å². The van der Waals surface area contributed by atoms with E-state index in [2.05, 4.69) is 10.2 Å². The molecular formula is C5H6N4. The van der Waals surface area contributed by atoms with Crippen molar-refractivity contribution in [1.82, 2.24) is 4.57 Å². The Hall–Kier alpha value is -1.32. The molecule has 4 heteroatoms. The van der Waals surface area contributed by atoms with Crippen molar-refractivity contribution in [2.45, 2.75) is 6.67 Å². The van der Waals surface area contributed by atoms with Crippen LogP contribution in [0.5, 0.6) is 0 Å². The Bertz CT molecular complexity index is 260. The molecule has 46 valence electrons. The number of aromatic nitrogens is 1. The first-order valence-corrected chi connectivity index (χ1v) is 2.70. The van der Waals surface area contributed by atoms with Gasteiger partial charge in [-0.05, 0) is 12.1 Å². The summed E-state index contributed by atoms with van der Waals surface area (Å²) < 4.78 is 1.85. The smallest absolute Gasteiger partial charge is 0.158 e. The molecule has 1 aromatic rings. The van der Waals surface area contributed by atoms with Crippen LogP contribution in [-0.4, -0.2) is 4.57 Å². The minimum absolute atomic E-state index is 0.578. The maximum atomic E-state index is 5.53. The number of anilines is 1. The molecule has 0 unspecified atom stereocenters. The molecule has 0 amide bonds. The summed E-state index contributed by atoms with van der Waals surface area (Å²) in [6.07, 6.45) is 0. The number of azo groups is 1. The van der Waals surface area contributed by atoms with Crippen LogP contribution in [0.25, 0.3) is 0 Å². The first-order chi connectivity index (χ1) is 4.38. The second kappa shape index (κ2) is 1.34. The summed E-state index contributed by atoms with van der Waals surface area (Å²) in [4.78, 5) is 0. The van der Waals surface area contributed by atoms with Gasteiger partial charge in [-0.3, -0.25) is 4.57 Å². The fraction of sp³-hybridized carbons (Fsp3) is 0.200. The van der Waals surface area contributed by atoms with Crippen LogP contribution in [0.2, 0.25) is 0 Å². The van der Waals surface area contributed by atoms with Crippen LogP contribution in [0.3, 0.4) is 0 Å². The molecule has 0 spiro atoms. The van der Waals surface area contributed by atoms with Gasteiger partial charge in [0.15, 0.2) is 5.82 Å². The zero-order chi connectivity index (χ0) is 6.27. The average molecular weight is 122 g/mol. The molecule has 0 atom stereocenters. The van der Waals surface area contributed by atoms with Crippen molar-refractivity contribution in [2.75, 3.05) is 5.73 Å². The number of rotatable bonds is 0. The molecule has 0 bridgehead atoms. The van der Waals surface area contributed by atoms with Crippen molar-refractivity contribution in [3.63, 3.8) is 0 Å². The minimum atomic E-state index is 0.578. The predicted molar refractivity (Wildman–Crippen MR) is 33.4 cm³/mol. The molecule has 2 heterocycles. The fourth-order valence-corrected chi connectivity index (χ4v) is 0.881. The highest BCUT2D eigenvalue weighted by atomic mass is 15.3. The Kier molecular flexibility index (Phi) is 0.677. The largest absolute Gasteiger partial charge is 0.385 e. The van der Waals surface area contributed by atoms with E-state index >= 15 is 0 Å². The Labute approximate surface area is 52.0 Å². The van der Waals surface area contributed by atoms with Crippen molar-refractivity contribution in [1.29, 1.82) is 0 Å². The summed E-state index contributed by atoms with van der Waals surface area (Å²) in [7, 11) is 0. The molecule has 1 aliphatic rings. The van der Waals surface area contributed by atoms with E-state index in [1.54, 1.807) is 0 Å². The summed E-state index contributed by atoms with van der Waals surface area (Å²) >= 11 is 0. The first-order valence-electron chi connectivity index (χ1n) is 2.70. The third kappa shape index (κ3) is 0.468. The van der Waals surface area contributed by atoms with Crippen molar-refractivity contribution < 1.29 is 0 Å². The topological polar surface area (TPSA) is 55.7 Å². The van der Waals surface area contributed by atoms with Crippen LogP contribution < -0.4 is 5.73 Å². The lowest BCUT2D eigenvalue weighted by atomic mass is 10.6. The maximum absolute atomic E-state index is 5.53. The van der Waals surface area contributed by atoms with Crippen LogP contribution in [-0.2, 0) is 6.67 Å². The number of nitrogen functional groups attached to an aromatic ring is 1. The molecule has 2 N–H and O–H groups in total. The molecule has 0 saturated heterocycles. The lowest BCUT2D eigenvalue weighted by Crippen LogP contribution is -1.95. The summed E-state index contributed by atoms with van der Waals surface area (Å²) in [5.41, 5.74) is 5.53. The third-order valence-corrected chi connectivity index (χ3v) is 1.37. The standard InChI is InChI=1S/C5H6N4/c6-4-1-2-5-8-7-3-9(4)5/h1-2H,3,6H2. The highest BCUT2D eigenvalue weighted by Crippen LogP contribution is 2.24. The van der Waals surface area contributed by atoms with Crippen LogP contribution in [0.1, 0.15) is 0 Å². The Morgan fingerprint density at radius 3 is 3.22 bits per heavy atom. The van der Waals surface area contributed by atoms with Gasteiger partial charge in [-0.25, -0.2) is 0 Å². The molecule has 0 aromatic carbocycles. The molecule has 2 rings (SSSR count). The molecule has 9 heavy (non-hydrogen) atoms. The average Bonchev–Trinajstić information content (AvgIpc) is 2.35. The molecule has 0 saturated carbocycles. The highest BCUT2D eigenvalue weighted by molar-refractivity contribution is 5.45. The van der Waals surface area contributed by atoms with Crippen molar-refractivity contribution in [3.8, 4) is 0 Å². The van der Waals surface area contributed by atoms with E-state index in [9.17, 15) is 0 Å². The number of fused-ring (bicyclic) bond motifs is 1. The maximum Gasteiger partial charge on any atom is 0.158 e. The summed E-state index contributed by atoms with van der Waals surface area (Å²) in [5.74, 6) is 1.59. The lowest BCUT2D eigenvalue weighted by Gasteiger charge is -1.93. The molecule has 0 aliphatic carbocycles. The van der Waals surface area contributed by atoms with Crippen LogP contribution >= 0.6 is 0 Å². The summed E-state index contributed by atoms with van der Waals surface area (Å²) in [6.45, 7) is 0.578. The second-order valence-corrected chi connectivity index (χ2v) is 1.93. The molecule has 0 radical (unpaired) electrons. The van der Waals surface area contributed by atoms with Crippen LogP contribution in [0, 0.1) is 0 Å². The number of hydrogen-bond donors (Lipinski definition) is 1. The zero-order valence-electron chi connectivity index (χ0n) is 4.78. The van der Waals surface area contributed by atoms with Gasteiger partial charge in [0.2, 0.25) is 0 Å². The number of nitrogens with two attached hydrogens (primary N) is 1. The van der Waals surface area contributed by atoms with E-state index in [4.69, 9.17) is 5.73 Å². The summed E-state index contributed by atoms with van der Waals surface area (Å²) in [6, 6.07) is 3.68. The second-order valence-electron chi connectivity index (χ2n) is 1.93. The van der Waals surface area contributed by atoms with E-state index in [-0.39, 0.29) is 0 Å². The van der Waals surface area contributed by atoms with Gasteiger partial charge >= 0.3 is 0 Å². The summed E-state index contributed by atoms with van der Waals surface area (Å²) in [5, 5.41) is 7.61. The van der Waals surface area contributed by atoms with E-state index in [1.807, 2.05) is 16.7 Å². The van der Waals surface area contributed by atoms with Gasteiger partial charge in [-0.1, -0.05) is 0 Å². The fourth-order valence-electron chi connectivity index (χ4n) is 0.881. The third-order valence-electron chi connectivity index (χ3n) is 1.37. The molecule has 0 fully saturated rings. The van der Waals surface area contributed by atoms with Crippen molar-refractivity contribution in [3.05, 3.63) is 12.1 Å². The van der Waals surface area contributed by atoms with Crippen molar-refractivity contribution >= 4 is 11.6 Å². The molecule has 4 nitrogen and oxygen atoms in total. The van der Waals surface area contributed by atoms with Crippen molar-refractivity contribution in [2.24, 2.45) is 10.2 Å². The molecular weight excluding hydrogens is 116 g/mol. The Morgan fingerprint density at radius 1 is 1.56 bits per heavy atom. The Morgan fingerprint density at radius 2 is 2.44 bits per heavy atom. The van der Waals surface area contributed by atoms with Gasteiger partial charge < -0.3 is 5.73 Å². The monoisotopic (exact) mass is 122 g/mol. The first kappa shape index (κ1) is 4.55. The van der Waals surface area contributed by atoms with Crippen LogP contribution in [0.15, 0.2) is 22.4 Å². The number of hydrogen-bond acceptors (Lipinski definition) is 3. The van der Waals surface area contributed by atoms with Crippen LogP contribution in [0.4, 0.5) is 11.6 Å². The van der Waals surface area contributed by atoms with Gasteiger partial charge in [0, 0.05) is 0 Å². The highest BCUT2D eigenvalue weighted by Gasteiger charge is 2.07. The van der Waals surface area contributed by atoms with E-state index < -0.39 is 0 Å². The van der Waals surface area contributed by atoms with Gasteiger partial charge in [0.05, 0.1) is 0 Å². The van der Waals surface area contributed by atoms with E-state index in [1.165, 1.54) is 0 Å². The number of nitrogens with zero attached hydrogens (tertiary/aromatic N) is 3. The molecule has 1 aliphatic heterocycles. The molecule has 1 aromatic heterocycles. The van der Waals surface area contributed by atoms with Gasteiger partial charge in [0.1, 0.15) is 12.5 Å². The quantitative estimate of drug-likeness (QED) is 0.550. The van der Waals surface area contributed by atoms with Gasteiger partial charge in [-0.2, -0.15) is 5.11 Å². The van der Waals surface area contributed by atoms with Gasteiger partial charge in [-0.15, -0.1) is 5.11 Å².